The average Bonchev–Trinajstić information content (AvgIpc) is 2.41. The fourth-order valence-corrected chi connectivity index (χ4v) is 1.83. The molecule has 0 aliphatic carbocycles. The molecule has 0 spiro atoms. The second kappa shape index (κ2) is 8.08. The zero-order valence-electron chi connectivity index (χ0n) is 12.3. The molecular formula is C14H21N3O4. The summed E-state index contributed by atoms with van der Waals surface area (Å²) in [7, 11) is 0. The van der Waals surface area contributed by atoms with Crippen molar-refractivity contribution in [1.29, 1.82) is 0 Å². The van der Waals surface area contributed by atoms with Gasteiger partial charge in [0, 0.05) is 24.0 Å². The number of pyridine rings is 1. The molecule has 0 fully saturated rings. The molecule has 0 aliphatic heterocycles. The number of ether oxygens (including phenoxy) is 1. The Bertz CT molecular complexity index is 553. The highest BCUT2D eigenvalue weighted by molar-refractivity contribution is 5.80. The lowest BCUT2D eigenvalue weighted by atomic mass is 10.2. The van der Waals surface area contributed by atoms with Crippen LogP contribution >= 0.6 is 0 Å². The van der Waals surface area contributed by atoms with Crippen LogP contribution in [0.15, 0.2) is 23.1 Å². The van der Waals surface area contributed by atoms with E-state index in [1.807, 2.05) is 13.8 Å². The van der Waals surface area contributed by atoms with Gasteiger partial charge in [0.25, 0.3) is 11.5 Å². The summed E-state index contributed by atoms with van der Waals surface area (Å²) in [6.45, 7) is 3.27. The largest absolute Gasteiger partial charge is 0.454 e. The molecule has 0 aromatic carbocycles. The molecule has 0 radical (unpaired) electrons. The van der Waals surface area contributed by atoms with Crippen LogP contribution < -0.4 is 16.6 Å². The van der Waals surface area contributed by atoms with Crippen LogP contribution in [0.4, 0.5) is 5.69 Å². The number of rotatable bonds is 7. The summed E-state index contributed by atoms with van der Waals surface area (Å²) in [5.41, 5.74) is 5.54. The first-order valence-corrected chi connectivity index (χ1v) is 6.83. The number of hydrogen-bond acceptors (Lipinski definition) is 5. The van der Waals surface area contributed by atoms with Crippen molar-refractivity contribution < 1.29 is 14.3 Å². The van der Waals surface area contributed by atoms with E-state index in [0.717, 1.165) is 17.4 Å². The van der Waals surface area contributed by atoms with Crippen LogP contribution in [-0.2, 0) is 20.9 Å². The molecule has 7 nitrogen and oxygen atoms in total. The molecule has 0 aliphatic rings. The minimum atomic E-state index is -0.666. The molecule has 0 bridgehead atoms. The van der Waals surface area contributed by atoms with E-state index in [-0.39, 0.29) is 30.7 Å². The quantitative estimate of drug-likeness (QED) is 0.703. The number of nitrogens with two attached hydrogens (primary N) is 1. The molecule has 7 heteroatoms. The summed E-state index contributed by atoms with van der Waals surface area (Å²) < 4.78 is 5.96. The third kappa shape index (κ3) is 6.11. The standard InChI is InChI=1S/C14H21N3O4/c1-3-4-10(2)16-12(18)9-21-14(20)8-17-7-11(15)5-6-13(17)19/h5-7,10H,3-4,8-9,15H2,1-2H3,(H,16,18). The van der Waals surface area contributed by atoms with Gasteiger partial charge in [0.05, 0.1) is 0 Å². The average molecular weight is 295 g/mol. The van der Waals surface area contributed by atoms with E-state index in [1.54, 1.807) is 0 Å². The number of nitrogens with one attached hydrogen (secondary N) is 1. The summed E-state index contributed by atoms with van der Waals surface area (Å²) in [6.07, 6.45) is 3.17. The highest BCUT2D eigenvalue weighted by atomic mass is 16.5. The van der Waals surface area contributed by atoms with Crippen molar-refractivity contribution >= 4 is 17.6 Å². The number of nitrogens with zero attached hydrogens (tertiary/aromatic N) is 1. The number of amides is 1. The van der Waals surface area contributed by atoms with E-state index >= 15 is 0 Å². The molecule has 116 valence electrons. The van der Waals surface area contributed by atoms with E-state index < -0.39 is 5.97 Å². The summed E-state index contributed by atoms with van der Waals surface area (Å²) in [5, 5.41) is 2.72. The van der Waals surface area contributed by atoms with E-state index in [2.05, 4.69) is 5.32 Å². The predicted octanol–water partition coefficient (Wildman–Crippen LogP) is 0.279. The van der Waals surface area contributed by atoms with Crippen LogP contribution in [0.1, 0.15) is 26.7 Å². The zero-order chi connectivity index (χ0) is 15.8. The Morgan fingerprint density at radius 3 is 2.81 bits per heavy atom. The summed E-state index contributed by atoms with van der Waals surface area (Å²) in [4.78, 5) is 34.6. The van der Waals surface area contributed by atoms with Crippen molar-refractivity contribution in [3.8, 4) is 0 Å². The van der Waals surface area contributed by atoms with E-state index in [1.165, 1.54) is 18.3 Å². The molecule has 1 amide bonds. The van der Waals surface area contributed by atoms with Gasteiger partial charge in [-0.25, -0.2) is 0 Å². The number of carbonyl (C=O) groups is 2. The Hall–Kier alpha value is -2.31. The topological polar surface area (TPSA) is 103 Å². The lowest BCUT2D eigenvalue weighted by molar-refractivity contribution is -0.149. The molecule has 1 rings (SSSR count). The van der Waals surface area contributed by atoms with Crippen molar-refractivity contribution in [2.75, 3.05) is 12.3 Å². The van der Waals surface area contributed by atoms with Crippen LogP contribution in [0.25, 0.3) is 0 Å². The zero-order valence-corrected chi connectivity index (χ0v) is 12.3. The highest BCUT2D eigenvalue weighted by Gasteiger charge is 2.11. The molecule has 1 atom stereocenters. The SMILES string of the molecule is CCCC(C)NC(=O)COC(=O)Cn1cc(N)ccc1=O. The van der Waals surface area contributed by atoms with Crippen molar-refractivity contribution in [3.63, 3.8) is 0 Å². The first kappa shape index (κ1) is 16.7. The molecule has 1 heterocycles. The second-order valence-electron chi connectivity index (χ2n) is 4.85. The minimum absolute atomic E-state index is 0.0396. The number of nitrogen functional groups attached to an aromatic ring is 1. The summed E-state index contributed by atoms with van der Waals surface area (Å²) >= 11 is 0. The van der Waals surface area contributed by atoms with Crippen LogP contribution in [0.3, 0.4) is 0 Å². The van der Waals surface area contributed by atoms with Gasteiger partial charge in [-0.3, -0.25) is 14.4 Å². The number of hydrogen-bond donors (Lipinski definition) is 2. The first-order chi connectivity index (χ1) is 9.92. The summed E-state index contributed by atoms with van der Waals surface area (Å²) in [5.74, 6) is -1.02. The van der Waals surface area contributed by atoms with Gasteiger partial charge in [-0.1, -0.05) is 13.3 Å². The number of esters is 1. The molecule has 0 saturated carbocycles. The molecule has 21 heavy (non-hydrogen) atoms. The molecule has 3 N–H and O–H groups in total. The van der Waals surface area contributed by atoms with Gasteiger partial charge in [0.2, 0.25) is 0 Å². The molecule has 1 aromatic rings. The summed E-state index contributed by atoms with van der Waals surface area (Å²) in [6, 6.07) is 2.76. The van der Waals surface area contributed by atoms with Crippen LogP contribution in [0.5, 0.6) is 0 Å². The van der Waals surface area contributed by atoms with Gasteiger partial charge in [-0.2, -0.15) is 0 Å². The Morgan fingerprint density at radius 2 is 2.14 bits per heavy atom. The molecule has 1 aromatic heterocycles. The Balaban J connectivity index is 2.42. The normalized spacial score (nSPS) is 11.7. The smallest absolute Gasteiger partial charge is 0.326 e. The van der Waals surface area contributed by atoms with Gasteiger partial charge in [-0.15, -0.1) is 0 Å². The Kier molecular flexibility index (Phi) is 6.45. The third-order valence-corrected chi connectivity index (χ3v) is 2.80. The fourth-order valence-electron chi connectivity index (χ4n) is 1.83. The number of aromatic nitrogens is 1. The number of carbonyl (C=O) groups excluding carboxylic acids is 2. The fraction of sp³-hybridized carbons (Fsp3) is 0.500. The van der Waals surface area contributed by atoms with E-state index in [4.69, 9.17) is 10.5 Å². The van der Waals surface area contributed by atoms with Crippen molar-refractivity contribution in [1.82, 2.24) is 9.88 Å². The molecular weight excluding hydrogens is 274 g/mol. The Morgan fingerprint density at radius 1 is 1.43 bits per heavy atom. The maximum Gasteiger partial charge on any atom is 0.326 e. The lowest BCUT2D eigenvalue weighted by Crippen LogP contribution is -2.36. The van der Waals surface area contributed by atoms with Gasteiger partial charge < -0.3 is 20.4 Å². The van der Waals surface area contributed by atoms with Crippen LogP contribution in [0, 0.1) is 0 Å². The van der Waals surface area contributed by atoms with Crippen LogP contribution in [-0.4, -0.2) is 29.1 Å². The first-order valence-electron chi connectivity index (χ1n) is 6.83. The van der Waals surface area contributed by atoms with Crippen molar-refractivity contribution in [2.45, 2.75) is 39.3 Å². The monoisotopic (exact) mass is 295 g/mol. The molecule has 0 saturated heterocycles. The van der Waals surface area contributed by atoms with Crippen molar-refractivity contribution in [2.24, 2.45) is 0 Å². The number of anilines is 1. The second-order valence-corrected chi connectivity index (χ2v) is 4.85. The van der Waals surface area contributed by atoms with E-state index in [9.17, 15) is 14.4 Å². The predicted molar refractivity (Wildman–Crippen MR) is 78.6 cm³/mol. The van der Waals surface area contributed by atoms with Gasteiger partial charge in [0.15, 0.2) is 6.61 Å². The maximum absolute atomic E-state index is 11.6. The minimum Gasteiger partial charge on any atom is -0.454 e. The third-order valence-electron chi connectivity index (χ3n) is 2.80. The van der Waals surface area contributed by atoms with Gasteiger partial charge >= 0.3 is 5.97 Å². The highest BCUT2D eigenvalue weighted by Crippen LogP contribution is 1.97. The van der Waals surface area contributed by atoms with Crippen LogP contribution in [0.2, 0.25) is 0 Å². The van der Waals surface area contributed by atoms with Gasteiger partial charge in [-0.05, 0) is 19.4 Å². The Labute approximate surface area is 123 Å². The van der Waals surface area contributed by atoms with Gasteiger partial charge in [0.1, 0.15) is 6.54 Å². The molecule has 1 unspecified atom stereocenters. The van der Waals surface area contributed by atoms with E-state index in [0.29, 0.717) is 5.69 Å². The van der Waals surface area contributed by atoms with Crippen molar-refractivity contribution in [3.05, 3.63) is 28.7 Å². The lowest BCUT2D eigenvalue weighted by Gasteiger charge is -2.13. The maximum atomic E-state index is 11.6.